The summed E-state index contributed by atoms with van der Waals surface area (Å²) >= 11 is 0. The van der Waals surface area contributed by atoms with Crippen molar-refractivity contribution in [2.75, 3.05) is 19.8 Å². The second-order valence-electron chi connectivity index (χ2n) is 3.25. The third kappa shape index (κ3) is 3.27. The Bertz CT molecular complexity index is 181. The molecule has 82 valence electrons. The number of esters is 1. The van der Waals surface area contributed by atoms with E-state index in [1.807, 2.05) is 13.8 Å². The number of ether oxygens (including phenoxy) is 3. The molecule has 4 nitrogen and oxygen atoms in total. The van der Waals surface area contributed by atoms with E-state index in [2.05, 4.69) is 0 Å². The highest BCUT2D eigenvalue weighted by Gasteiger charge is 2.30. The Balaban J connectivity index is 2.31. The number of hydrogen-bond acceptors (Lipinski definition) is 4. The Labute approximate surface area is 84.5 Å². The van der Waals surface area contributed by atoms with Gasteiger partial charge in [-0.05, 0) is 20.3 Å². The maximum Gasteiger partial charge on any atom is 0.306 e. The predicted molar refractivity (Wildman–Crippen MR) is 50.7 cm³/mol. The predicted octanol–water partition coefficient (Wildman–Crippen LogP) is 1.34. The van der Waals surface area contributed by atoms with Crippen molar-refractivity contribution in [2.45, 2.75) is 33.0 Å². The molecule has 0 aromatic carbocycles. The van der Waals surface area contributed by atoms with Gasteiger partial charge in [0.15, 0.2) is 6.29 Å². The van der Waals surface area contributed by atoms with Gasteiger partial charge in [0, 0.05) is 12.5 Å². The molecule has 0 aromatic rings. The van der Waals surface area contributed by atoms with Crippen LogP contribution in [0.2, 0.25) is 0 Å². The number of carbonyl (C=O) groups excluding carboxylic acids is 1. The molecule has 0 aliphatic carbocycles. The van der Waals surface area contributed by atoms with Crippen molar-refractivity contribution in [2.24, 2.45) is 5.92 Å². The molecule has 0 aromatic heterocycles. The van der Waals surface area contributed by atoms with Crippen molar-refractivity contribution >= 4 is 5.97 Å². The highest BCUT2D eigenvalue weighted by atomic mass is 16.7. The van der Waals surface area contributed by atoms with Gasteiger partial charge in [0.25, 0.3) is 0 Å². The molecule has 1 aliphatic heterocycles. The van der Waals surface area contributed by atoms with Crippen molar-refractivity contribution in [3.05, 3.63) is 0 Å². The molecule has 1 aliphatic rings. The van der Waals surface area contributed by atoms with Crippen LogP contribution in [-0.4, -0.2) is 32.1 Å². The first-order valence-corrected chi connectivity index (χ1v) is 5.16. The molecular weight excluding hydrogens is 184 g/mol. The Morgan fingerprint density at radius 2 is 2.21 bits per heavy atom. The van der Waals surface area contributed by atoms with Crippen LogP contribution in [0.1, 0.15) is 26.7 Å². The number of hydrogen-bond donors (Lipinski definition) is 0. The molecule has 2 atom stereocenters. The van der Waals surface area contributed by atoms with Gasteiger partial charge in [0.2, 0.25) is 0 Å². The largest absolute Gasteiger partial charge is 0.466 e. The lowest BCUT2D eigenvalue weighted by Gasteiger charge is -2.17. The van der Waals surface area contributed by atoms with Crippen molar-refractivity contribution in [3.63, 3.8) is 0 Å². The fourth-order valence-corrected chi connectivity index (χ4v) is 1.59. The maximum absolute atomic E-state index is 11.2. The van der Waals surface area contributed by atoms with Crippen LogP contribution in [0.15, 0.2) is 0 Å². The molecule has 4 heteroatoms. The Morgan fingerprint density at radius 3 is 2.86 bits per heavy atom. The van der Waals surface area contributed by atoms with E-state index in [9.17, 15) is 4.79 Å². The summed E-state index contributed by atoms with van der Waals surface area (Å²) < 4.78 is 15.6. The molecule has 0 radical (unpaired) electrons. The van der Waals surface area contributed by atoms with E-state index < -0.39 is 0 Å². The molecule has 0 saturated carbocycles. The normalized spacial score (nSPS) is 26.4. The van der Waals surface area contributed by atoms with E-state index in [1.54, 1.807) is 0 Å². The van der Waals surface area contributed by atoms with E-state index in [4.69, 9.17) is 14.2 Å². The van der Waals surface area contributed by atoms with E-state index in [0.717, 1.165) is 6.42 Å². The smallest absolute Gasteiger partial charge is 0.306 e. The van der Waals surface area contributed by atoms with Gasteiger partial charge >= 0.3 is 5.97 Å². The van der Waals surface area contributed by atoms with Gasteiger partial charge < -0.3 is 14.2 Å². The zero-order valence-electron chi connectivity index (χ0n) is 8.82. The fourth-order valence-electron chi connectivity index (χ4n) is 1.59. The standard InChI is InChI=1S/C10H18O4/c1-3-12-9(11)7-8-5-6-14-10(8)13-4-2/h8,10H,3-7H2,1-2H3/t8-,10-/m1/s1. The maximum atomic E-state index is 11.2. The van der Waals surface area contributed by atoms with Crippen LogP contribution in [0.3, 0.4) is 0 Å². The summed E-state index contributed by atoms with van der Waals surface area (Å²) in [6.07, 6.45) is 1.06. The van der Waals surface area contributed by atoms with Crippen LogP contribution in [0.4, 0.5) is 0 Å². The lowest BCUT2D eigenvalue weighted by molar-refractivity contribution is -0.153. The fraction of sp³-hybridized carbons (Fsp3) is 0.900. The van der Waals surface area contributed by atoms with Crippen LogP contribution < -0.4 is 0 Å². The monoisotopic (exact) mass is 202 g/mol. The zero-order chi connectivity index (χ0) is 10.4. The molecule has 14 heavy (non-hydrogen) atoms. The topological polar surface area (TPSA) is 44.8 Å². The number of rotatable bonds is 5. The quantitative estimate of drug-likeness (QED) is 0.631. The van der Waals surface area contributed by atoms with E-state index >= 15 is 0 Å². The van der Waals surface area contributed by atoms with Gasteiger partial charge in [-0.25, -0.2) is 0 Å². The Hall–Kier alpha value is -0.610. The third-order valence-corrected chi connectivity index (χ3v) is 2.22. The first-order valence-electron chi connectivity index (χ1n) is 5.16. The van der Waals surface area contributed by atoms with E-state index in [0.29, 0.717) is 26.2 Å². The molecule has 0 amide bonds. The minimum Gasteiger partial charge on any atom is -0.466 e. The second-order valence-corrected chi connectivity index (χ2v) is 3.25. The third-order valence-electron chi connectivity index (χ3n) is 2.22. The summed E-state index contributed by atoms with van der Waals surface area (Å²) in [5.74, 6) is 0.00158. The summed E-state index contributed by atoms with van der Waals surface area (Å²) in [5, 5.41) is 0. The molecule has 0 N–H and O–H groups in total. The molecule has 0 bridgehead atoms. The highest BCUT2D eigenvalue weighted by Crippen LogP contribution is 2.25. The van der Waals surface area contributed by atoms with Crippen molar-refractivity contribution in [3.8, 4) is 0 Å². The minimum absolute atomic E-state index is 0.160. The van der Waals surface area contributed by atoms with Crippen LogP contribution in [-0.2, 0) is 19.0 Å². The zero-order valence-corrected chi connectivity index (χ0v) is 8.82. The lowest BCUT2D eigenvalue weighted by Crippen LogP contribution is -2.23. The van der Waals surface area contributed by atoms with Gasteiger partial charge in [-0.1, -0.05) is 0 Å². The molecule has 1 fully saturated rings. The molecule has 1 heterocycles. The molecule has 0 spiro atoms. The molecule has 1 rings (SSSR count). The van der Waals surface area contributed by atoms with Crippen molar-refractivity contribution in [1.82, 2.24) is 0 Å². The van der Waals surface area contributed by atoms with Crippen LogP contribution >= 0.6 is 0 Å². The summed E-state index contributed by atoms with van der Waals surface area (Å²) in [5.41, 5.74) is 0. The van der Waals surface area contributed by atoms with Gasteiger partial charge in [-0.3, -0.25) is 4.79 Å². The van der Waals surface area contributed by atoms with E-state index in [-0.39, 0.29) is 18.2 Å². The average molecular weight is 202 g/mol. The van der Waals surface area contributed by atoms with Gasteiger partial charge in [0.1, 0.15) is 0 Å². The average Bonchev–Trinajstić information content (AvgIpc) is 2.54. The Morgan fingerprint density at radius 1 is 1.43 bits per heavy atom. The van der Waals surface area contributed by atoms with E-state index in [1.165, 1.54) is 0 Å². The highest BCUT2D eigenvalue weighted by molar-refractivity contribution is 5.69. The minimum atomic E-state index is -0.218. The summed E-state index contributed by atoms with van der Waals surface area (Å²) in [7, 11) is 0. The molecule has 0 unspecified atom stereocenters. The van der Waals surface area contributed by atoms with Crippen molar-refractivity contribution in [1.29, 1.82) is 0 Å². The summed E-state index contributed by atoms with van der Waals surface area (Å²) in [6, 6.07) is 0. The number of carbonyl (C=O) groups is 1. The van der Waals surface area contributed by atoms with Crippen LogP contribution in [0.25, 0.3) is 0 Å². The lowest BCUT2D eigenvalue weighted by atomic mass is 10.0. The first-order chi connectivity index (χ1) is 6.77. The first kappa shape index (κ1) is 11.5. The van der Waals surface area contributed by atoms with Crippen LogP contribution in [0.5, 0.6) is 0 Å². The van der Waals surface area contributed by atoms with Crippen LogP contribution in [0, 0.1) is 5.92 Å². The van der Waals surface area contributed by atoms with Gasteiger partial charge in [-0.2, -0.15) is 0 Å². The SMILES string of the molecule is CCOC(=O)C[C@H]1CCO[C@H]1OCC. The van der Waals surface area contributed by atoms with Gasteiger partial charge in [0.05, 0.1) is 19.6 Å². The molecular formula is C10H18O4. The van der Waals surface area contributed by atoms with Gasteiger partial charge in [-0.15, -0.1) is 0 Å². The Kier molecular flexibility index (Phi) is 4.90. The summed E-state index contributed by atoms with van der Waals surface area (Å²) in [4.78, 5) is 11.2. The second kappa shape index (κ2) is 5.98. The molecule has 1 saturated heterocycles. The van der Waals surface area contributed by atoms with Crippen molar-refractivity contribution < 1.29 is 19.0 Å². The summed E-state index contributed by atoms with van der Waals surface area (Å²) in [6.45, 7) is 5.45.